The molecule has 0 radical (unpaired) electrons. The van der Waals surface area contributed by atoms with Gasteiger partial charge < -0.3 is 16.0 Å². The van der Waals surface area contributed by atoms with E-state index in [9.17, 15) is 0 Å². The summed E-state index contributed by atoms with van der Waals surface area (Å²) in [7, 11) is 2.06. The highest BCUT2D eigenvalue weighted by Gasteiger charge is 2.18. The largest absolute Gasteiger partial charge is 0.367 e. The third-order valence-corrected chi connectivity index (χ3v) is 3.73. The van der Waals surface area contributed by atoms with Crippen LogP contribution in [0.2, 0.25) is 0 Å². The van der Waals surface area contributed by atoms with E-state index in [2.05, 4.69) is 34.2 Å². The molecule has 5 heteroatoms. The fourth-order valence-electron chi connectivity index (χ4n) is 2.56. The molecule has 0 amide bonds. The molecule has 5 nitrogen and oxygen atoms in total. The van der Waals surface area contributed by atoms with Crippen molar-refractivity contribution >= 4 is 11.6 Å². The quantitative estimate of drug-likeness (QED) is 0.850. The van der Waals surface area contributed by atoms with Crippen LogP contribution >= 0.6 is 0 Å². The Labute approximate surface area is 115 Å². The molecule has 0 aromatic carbocycles. The fraction of sp³-hybridized carbons (Fsp3) is 0.714. The number of nitrogens with one attached hydrogen (secondary N) is 1. The van der Waals surface area contributed by atoms with Crippen LogP contribution in [0.3, 0.4) is 0 Å². The van der Waals surface area contributed by atoms with Crippen LogP contribution in [0.4, 0.5) is 11.6 Å². The van der Waals surface area contributed by atoms with Gasteiger partial charge in [-0.3, -0.25) is 0 Å². The maximum atomic E-state index is 5.93. The van der Waals surface area contributed by atoms with E-state index < -0.39 is 0 Å². The number of hydrogen-bond acceptors (Lipinski definition) is 5. The normalized spacial score (nSPS) is 23.1. The van der Waals surface area contributed by atoms with Crippen molar-refractivity contribution in [1.29, 1.82) is 0 Å². The van der Waals surface area contributed by atoms with E-state index in [1.165, 1.54) is 0 Å². The summed E-state index contributed by atoms with van der Waals surface area (Å²) in [5, 5.41) is 3.51. The van der Waals surface area contributed by atoms with Gasteiger partial charge in [-0.05, 0) is 32.1 Å². The van der Waals surface area contributed by atoms with Gasteiger partial charge in [-0.25, -0.2) is 9.97 Å². The van der Waals surface area contributed by atoms with E-state index in [1.807, 2.05) is 6.07 Å². The third-order valence-electron chi connectivity index (χ3n) is 3.73. The molecule has 1 aliphatic carbocycles. The van der Waals surface area contributed by atoms with E-state index in [0.29, 0.717) is 12.1 Å². The molecule has 2 rings (SSSR count). The van der Waals surface area contributed by atoms with Crippen LogP contribution in [0, 0.1) is 0 Å². The van der Waals surface area contributed by atoms with Crippen molar-refractivity contribution in [3.8, 4) is 0 Å². The smallest absolute Gasteiger partial charge is 0.133 e. The summed E-state index contributed by atoms with van der Waals surface area (Å²) in [6.07, 6.45) is 7.22. The predicted octanol–water partition coefficient (Wildman–Crippen LogP) is 2.00. The average Bonchev–Trinajstić information content (AvgIpc) is 2.42. The van der Waals surface area contributed by atoms with Crippen LogP contribution in [0.15, 0.2) is 12.4 Å². The number of hydrogen-bond donors (Lipinski definition) is 2. The summed E-state index contributed by atoms with van der Waals surface area (Å²) in [6.45, 7) is 3.18. The summed E-state index contributed by atoms with van der Waals surface area (Å²) in [5.41, 5.74) is 5.93. The van der Waals surface area contributed by atoms with Gasteiger partial charge in [0, 0.05) is 31.7 Å². The zero-order valence-electron chi connectivity index (χ0n) is 12.0. The van der Waals surface area contributed by atoms with Crippen molar-refractivity contribution in [2.24, 2.45) is 5.73 Å². The van der Waals surface area contributed by atoms with Crippen molar-refractivity contribution in [2.75, 3.05) is 23.8 Å². The second-order valence-electron chi connectivity index (χ2n) is 5.44. The van der Waals surface area contributed by atoms with Gasteiger partial charge in [0.05, 0.1) is 0 Å². The second kappa shape index (κ2) is 6.70. The van der Waals surface area contributed by atoms with Crippen molar-refractivity contribution in [3.63, 3.8) is 0 Å². The molecule has 106 valence electrons. The molecule has 0 aliphatic heterocycles. The minimum atomic E-state index is 0.384. The Bertz CT molecular complexity index is 387. The molecule has 19 heavy (non-hydrogen) atoms. The number of aromatic nitrogens is 2. The van der Waals surface area contributed by atoms with Gasteiger partial charge in [-0.15, -0.1) is 0 Å². The Kier molecular flexibility index (Phi) is 4.96. The standard InChI is InChI=1S/C14H25N5/c1-3-8-19(2)14-9-13(16-10-17-14)18-12-6-4-11(15)5-7-12/h9-12H,3-8,15H2,1-2H3,(H,16,17,18). The molecule has 0 spiro atoms. The van der Waals surface area contributed by atoms with Crippen molar-refractivity contribution in [3.05, 3.63) is 12.4 Å². The fourth-order valence-corrected chi connectivity index (χ4v) is 2.56. The lowest BCUT2D eigenvalue weighted by Crippen LogP contribution is -2.33. The van der Waals surface area contributed by atoms with Gasteiger partial charge in [0.25, 0.3) is 0 Å². The van der Waals surface area contributed by atoms with E-state index in [1.54, 1.807) is 6.33 Å². The Hall–Kier alpha value is -1.36. The minimum Gasteiger partial charge on any atom is -0.367 e. The van der Waals surface area contributed by atoms with Crippen LogP contribution in [0.5, 0.6) is 0 Å². The summed E-state index contributed by atoms with van der Waals surface area (Å²) in [6, 6.07) is 2.92. The van der Waals surface area contributed by atoms with Gasteiger partial charge in [-0.1, -0.05) is 6.92 Å². The summed E-state index contributed by atoms with van der Waals surface area (Å²) in [4.78, 5) is 10.8. The van der Waals surface area contributed by atoms with E-state index in [4.69, 9.17) is 5.73 Å². The lowest BCUT2D eigenvalue weighted by atomic mass is 9.92. The maximum absolute atomic E-state index is 5.93. The third kappa shape index (κ3) is 4.06. The molecule has 0 unspecified atom stereocenters. The number of rotatable bonds is 5. The molecule has 1 saturated carbocycles. The SMILES string of the molecule is CCCN(C)c1cc(NC2CCC(N)CC2)ncn1. The van der Waals surface area contributed by atoms with Crippen LogP contribution in [-0.4, -0.2) is 35.6 Å². The molecule has 1 aromatic rings. The number of nitrogens with zero attached hydrogens (tertiary/aromatic N) is 3. The molecular formula is C14H25N5. The lowest BCUT2D eigenvalue weighted by Gasteiger charge is -2.27. The Balaban J connectivity index is 1.95. The zero-order valence-corrected chi connectivity index (χ0v) is 12.0. The van der Waals surface area contributed by atoms with E-state index >= 15 is 0 Å². The number of nitrogens with two attached hydrogens (primary N) is 1. The first-order chi connectivity index (χ1) is 9.19. The number of anilines is 2. The highest BCUT2D eigenvalue weighted by Crippen LogP contribution is 2.21. The molecule has 0 saturated heterocycles. The molecule has 0 bridgehead atoms. The van der Waals surface area contributed by atoms with Crippen LogP contribution < -0.4 is 16.0 Å². The first kappa shape index (κ1) is 14.1. The molecule has 1 aliphatic rings. The van der Waals surface area contributed by atoms with Crippen molar-refractivity contribution in [1.82, 2.24) is 9.97 Å². The first-order valence-corrected chi connectivity index (χ1v) is 7.24. The van der Waals surface area contributed by atoms with Crippen LogP contribution in [-0.2, 0) is 0 Å². The topological polar surface area (TPSA) is 67.1 Å². The van der Waals surface area contributed by atoms with Gasteiger partial charge in [0.2, 0.25) is 0 Å². The van der Waals surface area contributed by atoms with Gasteiger partial charge >= 0.3 is 0 Å². The Morgan fingerprint density at radius 3 is 2.74 bits per heavy atom. The van der Waals surface area contributed by atoms with E-state index in [-0.39, 0.29) is 0 Å². The monoisotopic (exact) mass is 263 g/mol. The predicted molar refractivity (Wildman–Crippen MR) is 79.4 cm³/mol. The minimum absolute atomic E-state index is 0.384. The summed E-state index contributed by atoms with van der Waals surface area (Å²) < 4.78 is 0. The second-order valence-corrected chi connectivity index (χ2v) is 5.44. The molecule has 3 N–H and O–H groups in total. The molecular weight excluding hydrogens is 238 g/mol. The van der Waals surface area contributed by atoms with Gasteiger partial charge in [0.15, 0.2) is 0 Å². The van der Waals surface area contributed by atoms with Crippen molar-refractivity contribution < 1.29 is 0 Å². The summed E-state index contributed by atoms with van der Waals surface area (Å²) >= 11 is 0. The van der Waals surface area contributed by atoms with Gasteiger partial charge in [-0.2, -0.15) is 0 Å². The molecule has 1 aromatic heterocycles. The zero-order chi connectivity index (χ0) is 13.7. The van der Waals surface area contributed by atoms with Gasteiger partial charge in [0.1, 0.15) is 18.0 Å². The first-order valence-electron chi connectivity index (χ1n) is 7.24. The van der Waals surface area contributed by atoms with Crippen molar-refractivity contribution in [2.45, 2.75) is 51.1 Å². The molecule has 0 atom stereocenters. The highest BCUT2D eigenvalue weighted by molar-refractivity contribution is 5.48. The molecule has 1 fully saturated rings. The Morgan fingerprint density at radius 1 is 1.32 bits per heavy atom. The summed E-state index contributed by atoms with van der Waals surface area (Å²) in [5.74, 6) is 1.90. The highest BCUT2D eigenvalue weighted by atomic mass is 15.2. The lowest BCUT2D eigenvalue weighted by molar-refractivity contribution is 0.410. The molecule has 1 heterocycles. The average molecular weight is 263 g/mol. The van der Waals surface area contributed by atoms with Crippen LogP contribution in [0.25, 0.3) is 0 Å². The Morgan fingerprint density at radius 2 is 2.05 bits per heavy atom. The van der Waals surface area contributed by atoms with E-state index in [0.717, 1.165) is 50.3 Å². The maximum Gasteiger partial charge on any atom is 0.133 e. The van der Waals surface area contributed by atoms with Crippen LogP contribution in [0.1, 0.15) is 39.0 Å².